The van der Waals surface area contributed by atoms with Crippen LogP contribution in [0.1, 0.15) is 29.6 Å². The fourth-order valence-corrected chi connectivity index (χ4v) is 6.53. The van der Waals surface area contributed by atoms with Gasteiger partial charge in [0.25, 0.3) is 5.91 Å². The van der Waals surface area contributed by atoms with Gasteiger partial charge in [-0.3, -0.25) is 14.5 Å². The predicted octanol–water partition coefficient (Wildman–Crippen LogP) is 3.96. The van der Waals surface area contributed by atoms with Crippen molar-refractivity contribution in [1.82, 2.24) is 14.4 Å². The van der Waals surface area contributed by atoms with Crippen molar-refractivity contribution in [3.05, 3.63) is 58.1 Å². The molecule has 2 saturated heterocycles. The summed E-state index contributed by atoms with van der Waals surface area (Å²) < 4.78 is 22.9. The lowest BCUT2D eigenvalue weighted by molar-refractivity contribution is 0.0378. The Morgan fingerprint density at radius 3 is 2.69 bits per heavy atom. The number of nitrogens with zero attached hydrogens (tertiary/aromatic N) is 3. The van der Waals surface area contributed by atoms with E-state index < -0.39 is 11.2 Å². The molecule has 1 N–H and O–H groups in total. The first kappa shape index (κ1) is 23.5. The smallest absolute Gasteiger partial charge is 0.259 e. The van der Waals surface area contributed by atoms with Crippen LogP contribution in [0, 0.1) is 5.82 Å². The van der Waals surface area contributed by atoms with Crippen LogP contribution in [0.4, 0.5) is 10.1 Å². The molecule has 6 rings (SSSR count). The molecular formula is C27H29FN4O3S. The summed E-state index contributed by atoms with van der Waals surface area (Å²) in [6.07, 6.45) is 4.40. The third kappa shape index (κ3) is 4.19. The minimum absolute atomic E-state index is 0.0997. The molecule has 3 aromatic rings. The number of benzene rings is 2. The van der Waals surface area contributed by atoms with Gasteiger partial charge in [-0.15, -0.1) is 0 Å². The van der Waals surface area contributed by atoms with Gasteiger partial charge in [0.05, 0.1) is 40.4 Å². The Hall–Kier alpha value is -2.88. The van der Waals surface area contributed by atoms with E-state index in [9.17, 15) is 9.59 Å². The van der Waals surface area contributed by atoms with Crippen molar-refractivity contribution in [3.8, 4) is 5.69 Å². The maximum Gasteiger partial charge on any atom is 0.259 e. The number of rotatable bonds is 6. The Morgan fingerprint density at radius 1 is 1.11 bits per heavy atom. The lowest BCUT2D eigenvalue weighted by Gasteiger charge is -2.27. The van der Waals surface area contributed by atoms with Crippen molar-refractivity contribution < 1.29 is 13.9 Å². The van der Waals surface area contributed by atoms with Gasteiger partial charge in [0.1, 0.15) is 11.4 Å². The van der Waals surface area contributed by atoms with Crippen molar-refractivity contribution in [2.24, 2.45) is 0 Å². The number of nitrogens with one attached hydrogen (secondary N) is 1. The molecule has 2 fully saturated rings. The number of hydrogen-bond acceptors (Lipinski definition) is 6. The highest BCUT2D eigenvalue weighted by molar-refractivity contribution is 8.00. The van der Waals surface area contributed by atoms with Gasteiger partial charge in [0, 0.05) is 43.8 Å². The van der Waals surface area contributed by atoms with Gasteiger partial charge >= 0.3 is 0 Å². The van der Waals surface area contributed by atoms with Crippen LogP contribution in [0.15, 0.2) is 51.1 Å². The van der Waals surface area contributed by atoms with Crippen molar-refractivity contribution in [1.29, 1.82) is 0 Å². The SMILES string of the molecule is O=C(c1cn2c3c(c(NCCCN4CCOCC4)c(F)cc3c1=O)Sc1ccccc1-2)N1CCCC1. The molecule has 3 aliphatic heterocycles. The summed E-state index contributed by atoms with van der Waals surface area (Å²) in [7, 11) is 0. The van der Waals surface area contributed by atoms with E-state index in [4.69, 9.17) is 4.74 Å². The lowest BCUT2D eigenvalue weighted by atomic mass is 10.1. The normalized spacial score (nSPS) is 17.4. The zero-order valence-electron chi connectivity index (χ0n) is 20.1. The van der Waals surface area contributed by atoms with Crippen molar-refractivity contribution >= 4 is 34.3 Å². The van der Waals surface area contributed by atoms with E-state index >= 15 is 4.39 Å². The quantitative estimate of drug-likeness (QED) is 0.398. The second-order valence-corrected chi connectivity index (χ2v) is 10.6. The molecule has 4 heterocycles. The molecule has 36 heavy (non-hydrogen) atoms. The maximum absolute atomic E-state index is 15.5. The van der Waals surface area contributed by atoms with Gasteiger partial charge in [-0.25, -0.2) is 4.39 Å². The summed E-state index contributed by atoms with van der Waals surface area (Å²) >= 11 is 1.47. The van der Waals surface area contributed by atoms with E-state index in [0.29, 0.717) is 35.7 Å². The van der Waals surface area contributed by atoms with Crippen molar-refractivity contribution in [3.63, 3.8) is 0 Å². The molecule has 0 atom stereocenters. The number of aromatic nitrogens is 1. The topological polar surface area (TPSA) is 66.8 Å². The van der Waals surface area contributed by atoms with Gasteiger partial charge in [0.15, 0.2) is 0 Å². The minimum Gasteiger partial charge on any atom is -0.382 e. The molecule has 0 unspecified atom stereocenters. The van der Waals surface area contributed by atoms with E-state index in [0.717, 1.165) is 62.7 Å². The maximum atomic E-state index is 15.5. The van der Waals surface area contributed by atoms with E-state index in [2.05, 4.69) is 10.2 Å². The van der Waals surface area contributed by atoms with Gasteiger partial charge in [-0.2, -0.15) is 0 Å². The number of para-hydroxylation sites is 1. The Labute approximate surface area is 213 Å². The zero-order valence-corrected chi connectivity index (χ0v) is 20.9. The molecule has 0 saturated carbocycles. The van der Waals surface area contributed by atoms with Crippen LogP contribution in [0.2, 0.25) is 0 Å². The standard InChI is InChI=1S/C27H29FN4O3S/c28-20-16-18-24-26(23(20)29-8-5-9-30-12-14-35-15-13-30)36-22-7-2-1-6-21(22)32(24)17-19(25(18)33)27(34)31-10-3-4-11-31/h1-2,6-7,16-17,29H,3-5,8-15H2. The number of hydrogen-bond donors (Lipinski definition) is 1. The molecule has 0 aliphatic carbocycles. The van der Waals surface area contributed by atoms with Crippen LogP contribution in [0.5, 0.6) is 0 Å². The molecular weight excluding hydrogens is 479 g/mol. The Morgan fingerprint density at radius 2 is 1.89 bits per heavy atom. The Balaban J connectivity index is 1.39. The van der Waals surface area contributed by atoms with Crippen LogP contribution in [0.3, 0.4) is 0 Å². The molecule has 3 aliphatic rings. The molecule has 1 aromatic heterocycles. The molecule has 9 heteroatoms. The molecule has 0 radical (unpaired) electrons. The molecule has 188 valence electrons. The van der Waals surface area contributed by atoms with Crippen LogP contribution >= 0.6 is 11.8 Å². The average molecular weight is 509 g/mol. The number of fused-ring (bicyclic) bond motifs is 2. The fraction of sp³-hybridized carbons (Fsp3) is 0.407. The molecule has 7 nitrogen and oxygen atoms in total. The number of morpholine rings is 1. The summed E-state index contributed by atoms with van der Waals surface area (Å²) in [6.45, 7) is 6.19. The average Bonchev–Trinajstić information content (AvgIpc) is 3.44. The second-order valence-electron chi connectivity index (χ2n) is 9.50. The summed E-state index contributed by atoms with van der Waals surface area (Å²) in [4.78, 5) is 32.5. The molecule has 0 bridgehead atoms. The Kier molecular flexibility index (Phi) is 6.45. The minimum atomic E-state index is -0.467. The van der Waals surface area contributed by atoms with Gasteiger partial charge in [0.2, 0.25) is 5.43 Å². The Bertz CT molecular complexity index is 1380. The van der Waals surface area contributed by atoms with Gasteiger partial charge in [-0.1, -0.05) is 23.9 Å². The first-order chi connectivity index (χ1) is 17.6. The number of carbonyl (C=O) groups is 1. The van der Waals surface area contributed by atoms with Gasteiger partial charge < -0.3 is 19.5 Å². The van der Waals surface area contributed by atoms with E-state index in [1.54, 1.807) is 11.1 Å². The first-order valence-electron chi connectivity index (χ1n) is 12.6. The number of amides is 1. The first-order valence-corrected chi connectivity index (χ1v) is 13.5. The summed E-state index contributed by atoms with van der Waals surface area (Å²) in [5, 5.41) is 3.56. The summed E-state index contributed by atoms with van der Waals surface area (Å²) in [5.74, 6) is -0.740. The number of carbonyl (C=O) groups excluding carboxylic acids is 1. The lowest BCUT2D eigenvalue weighted by Crippen LogP contribution is -2.37. The largest absolute Gasteiger partial charge is 0.382 e. The van der Waals surface area contributed by atoms with E-state index in [1.807, 2.05) is 28.8 Å². The number of anilines is 1. The molecule has 1 amide bonds. The number of likely N-dealkylation sites (tertiary alicyclic amines) is 1. The molecule has 0 spiro atoms. The number of halogens is 1. The summed E-state index contributed by atoms with van der Waals surface area (Å²) in [6, 6.07) is 9.14. The van der Waals surface area contributed by atoms with E-state index in [1.165, 1.54) is 17.8 Å². The number of pyridine rings is 1. The molecule has 2 aromatic carbocycles. The van der Waals surface area contributed by atoms with Crippen LogP contribution in [-0.4, -0.2) is 72.8 Å². The third-order valence-electron chi connectivity index (χ3n) is 7.21. The second kappa shape index (κ2) is 9.88. The van der Waals surface area contributed by atoms with Crippen LogP contribution in [0.25, 0.3) is 16.6 Å². The van der Waals surface area contributed by atoms with Crippen LogP contribution in [-0.2, 0) is 4.74 Å². The predicted molar refractivity (Wildman–Crippen MR) is 139 cm³/mol. The van der Waals surface area contributed by atoms with Gasteiger partial charge in [-0.05, 0) is 44.0 Å². The monoisotopic (exact) mass is 508 g/mol. The zero-order chi connectivity index (χ0) is 24.6. The van der Waals surface area contributed by atoms with Crippen molar-refractivity contribution in [2.75, 3.05) is 57.8 Å². The fourth-order valence-electron chi connectivity index (χ4n) is 5.32. The highest BCUT2D eigenvalue weighted by Crippen LogP contribution is 2.46. The highest BCUT2D eigenvalue weighted by atomic mass is 32.2. The highest BCUT2D eigenvalue weighted by Gasteiger charge is 2.29. The number of ether oxygens (including phenoxy) is 1. The summed E-state index contributed by atoms with van der Waals surface area (Å²) in [5.41, 5.74) is 1.65. The van der Waals surface area contributed by atoms with Crippen LogP contribution < -0.4 is 10.7 Å². The third-order valence-corrected chi connectivity index (χ3v) is 8.38. The van der Waals surface area contributed by atoms with E-state index in [-0.39, 0.29) is 16.9 Å². The van der Waals surface area contributed by atoms with Crippen molar-refractivity contribution in [2.45, 2.75) is 29.1 Å².